The van der Waals surface area contributed by atoms with E-state index in [9.17, 15) is 14.9 Å². The summed E-state index contributed by atoms with van der Waals surface area (Å²) in [6.45, 7) is 3.57. The van der Waals surface area contributed by atoms with Gasteiger partial charge in [-0.1, -0.05) is 62.4 Å². The topological polar surface area (TPSA) is 79.2 Å². The van der Waals surface area contributed by atoms with E-state index in [1.54, 1.807) is 24.3 Å². The average molecular weight is 362 g/mol. The molecule has 27 heavy (non-hydrogen) atoms. The van der Waals surface area contributed by atoms with Crippen LogP contribution in [0.15, 0.2) is 54.1 Å². The van der Waals surface area contributed by atoms with Crippen molar-refractivity contribution < 1.29 is 14.3 Å². The number of rotatable bonds is 7. The molecular formula is C22H22N2O3. The van der Waals surface area contributed by atoms with Crippen molar-refractivity contribution in [3.8, 4) is 6.07 Å². The van der Waals surface area contributed by atoms with Gasteiger partial charge in [0.25, 0.3) is 5.91 Å². The molecule has 0 aliphatic heterocycles. The first-order valence-electron chi connectivity index (χ1n) is 8.83. The van der Waals surface area contributed by atoms with E-state index in [2.05, 4.69) is 5.32 Å². The van der Waals surface area contributed by atoms with Crippen molar-refractivity contribution in [3.05, 3.63) is 70.8 Å². The van der Waals surface area contributed by atoms with Gasteiger partial charge in [0.15, 0.2) is 6.61 Å². The van der Waals surface area contributed by atoms with Crippen molar-refractivity contribution in [1.29, 1.82) is 5.26 Å². The van der Waals surface area contributed by atoms with Gasteiger partial charge in [0.1, 0.15) is 11.6 Å². The minimum atomic E-state index is -0.823. The van der Waals surface area contributed by atoms with Gasteiger partial charge in [-0.3, -0.25) is 4.79 Å². The fourth-order valence-corrected chi connectivity index (χ4v) is 2.64. The lowest BCUT2D eigenvalue weighted by Gasteiger charge is -2.14. The van der Waals surface area contributed by atoms with E-state index in [0.717, 1.165) is 29.7 Å². The minimum Gasteiger partial charge on any atom is -0.451 e. The van der Waals surface area contributed by atoms with E-state index in [4.69, 9.17) is 4.74 Å². The van der Waals surface area contributed by atoms with E-state index in [-0.39, 0.29) is 5.57 Å². The molecule has 2 aromatic rings. The van der Waals surface area contributed by atoms with Crippen molar-refractivity contribution in [1.82, 2.24) is 0 Å². The van der Waals surface area contributed by atoms with Crippen LogP contribution in [0.25, 0.3) is 6.08 Å². The fraction of sp³-hybridized carbons (Fsp3) is 0.227. The number of para-hydroxylation sites is 1. The second-order valence-electron chi connectivity index (χ2n) is 5.86. The third-order valence-corrected chi connectivity index (χ3v) is 4.05. The molecule has 1 amide bonds. The molecule has 2 aromatic carbocycles. The average Bonchev–Trinajstić information content (AvgIpc) is 2.71. The molecule has 0 fully saturated rings. The van der Waals surface area contributed by atoms with E-state index >= 15 is 0 Å². The maximum absolute atomic E-state index is 12.2. The third-order valence-electron chi connectivity index (χ3n) is 4.05. The van der Waals surface area contributed by atoms with E-state index in [0.29, 0.717) is 5.56 Å². The van der Waals surface area contributed by atoms with E-state index in [1.807, 2.05) is 44.2 Å². The number of carbonyl (C=O) groups excluding carboxylic acids is 2. The molecule has 0 radical (unpaired) electrons. The van der Waals surface area contributed by atoms with Gasteiger partial charge in [-0.15, -0.1) is 0 Å². The van der Waals surface area contributed by atoms with Crippen LogP contribution in [0.1, 0.15) is 30.5 Å². The number of carbonyl (C=O) groups is 2. The summed E-state index contributed by atoms with van der Waals surface area (Å²) in [4.78, 5) is 24.3. The van der Waals surface area contributed by atoms with Crippen LogP contribution in [0.2, 0.25) is 0 Å². The van der Waals surface area contributed by atoms with Gasteiger partial charge >= 0.3 is 5.97 Å². The number of nitriles is 1. The Balaban J connectivity index is 2.02. The van der Waals surface area contributed by atoms with Gasteiger partial charge in [0, 0.05) is 5.69 Å². The molecule has 5 nitrogen and oxygen atoms in total. The summed E-state index contributed by atoms with van der Waals surface area (Å²) in [5.41, 5.74) is 3.37. The van der Waals surface area contributed by atoms with Gasteiger partial charge in [-0.05, 0) is 35.6 Å². The maximum Gasteiger partial charge on any atom is 0.349 e. The lowest BCUT2D eigenvalue weighted by Crippen LogP contribution is -2.22. The number of hydrogen-bond acceptors (Lipinski definition) is 4. The summed E-state index contributed by atoms with van der Waals surface area (Å²) >= 11 is 0. The number of anilines is 1. The molecule has 0 bridgehead atoms. The molecule has 5 heteroatoms. The van der Waals surface area contributed by atoms with Crippen LogP contribution in [0, 0.1) is 11.3 Å². The van der Waals surface area contributed by atoms with Crippen LogP contribution in [-0.4, -0.2) is 18.5 Å². The summed E-state index contributed by atoms with van der Waals surface area (Å²) in [5.74, 6) is -1.26. The van der Waals surface area contributed by atoms with Gasteiger partial charge in [0.2, 0.25) is 0 Å². The molecule has 0 atom stereocenters. The highest BCUT2D eigenvalue weighted by molar-refractivity contribution is 6.00. The van der Waals surface area contributed by atoms with Crippen molar-refractivity contribution in [2.75, 3.05) is 11.9 Å². The zero-order valence-corrected chi connectivity index (χ0v) is 15.5. The molecule has 0 saturated carbocycles. The highest BCUT2D eigenvalue weighted by Crippen LogP contribution is 2.22. The smallest absolute Gasteiger partial charge is 0.349 e. The Morgan fingerprint density at radius 1 is 1.04 bits per heavy atom. The van der Waals surface area contributed by atoms with Gasteiger partial charge in [-0.25, -0.2) is 4.79 Å². The minimum absolute atomic E-state index is 0.155. The number of aryl methyl sites for hydroxylation is 2. The lowest BCUT2D eigenvalue weighted by molar-refractivity contribution is -0.142. The Morgan fingerprint density at radius 3 is 2.22 bits per heavy atom. The lowest BCUT2D eigenvalue weighted by atomic mass is 10.0. The monoisotopic (exact) mass is 362 g/mol. The largest absolute Gasteiger partial charge is 0.451 e. The van der Waals surface area contributed by atoms with E-state index in [1.165, 1.54) is 6.08 Å². The summed E-state index contributed by atoms with van der Waals surface area (Å²) in [7, 11) is 0. The van der Waals surface area contributed by atoms with Gasteiger partial charge in [0.05, 0.1) is 0 Å². The molecule has 0 aromatic heterocycles. The molecule has 0 unspecified atom stereocenters. The standard InChI is InChI=1S/C22H22N2O3/c1-3-17-11-8-12-18(4-2)21(17)24-20(25)15-27-22(26)19(14-23)13-16-9-6-5-7-10-16/h5-13H,3-4,15H2,1-2H3,(H,24,25). The Hall–Kier alpha value is -3.39. The third kappa shape index (κ3) is 5.55. The molecule has 0 saturated heterocycles. The predicted octanol–water partition coefficient (Wildman–Crippen LogP) is 3.90. The second-order valence-corrected chi connectivity index (χ2v) is 5.86. The first-order chi connectivity index (χ1) is 13.1. The number of benzene rings is 2. The number of nitrogens with zero attached hydrogens (tertiary/aromatic N) is 1. The highest BCUT2D eigenvalue weighted by atomic mass is 16.5. The summed E-state index contributed by atoms with van der Waals surface area (Å²) < 4.78 is 5.01. The quantitative estimate of drug-likeness (QED) is 0.460. The van der Waals surface area contributed by atoms with Crippen molar-refractivity contribution >= 4 is 23.6 Å². The van der Waals surface area contributed by atoms with E-state index < -0.39 is 18.5 Å². The molecule has 2 rings (SSSR count). The Bertz CT molecular complexity index is 858. The molecule has 138 valence electrons. The Kier molecular flexibility index (Phi) is 7.33. The number of amides is 1. The molecule has 0 spiro atoms. The zero-order chi connectivity index (χ0) is 19.6. The summed E-state index contributed by atoms with van der Waals surface area (Å²) in [6.07, 6.45) is 2.99. The van der Waals surface area contributed by atoms with Crippen LogP contribution in [0.5, 0.6) is 0 Å². The first kappa shape index (κ1) is 19.9. The van der Waals surface area contributed by atoms with Gasteiger partial charge in [-0.2, -0.15) is 5.26 Å². The van der Waals surface area contributed by atoms with Crippen LogP contribution in [-0.2, 0) is 27.2 Å². The normalized spacial score (nSPS) is 10.8. The number of ether oxygens (including phenoxy) is 1. The summed E-state index contributed by atoms with van der Waals surface area (Å²) in [6, 6.07) is 16.7. The molecule has 1 N–H and O–H groups in total. The number of hydrogen-bond donors (Lipinski definition) is 1. The fourth-order valence-electron chi connectivity index (χ4n) is 2.64. The first-order valence-corrected chi connectivity index (χ1v) is 8.83. The second kappa shape index (κ2) is 9.93. The van der Waals surface area contributed by atoms with Crippen LogP contribution >= 0.6 is 0 Å². The Morgan fingerprint density at radius 2 is 1.67 bits per heavy atom. The van der Waals surface area contributed by atoms with Crippen molar-refractivity contribution in [2.24, 2.45) is 0 Å². The molecule has 0 aliphatic rings. The number of nitrogens with one attached hydrogen (secondary N) is 1. The maximum atomic E-state index is 12.2. The van der Waals surface area contributed by atoms with Crippen LogP contribution in [0.3, 0.4) is 0 Å². The predicted molar refractivity (Wildman–Crippen MR) is 105 cm³/mol. The number of esters is 1. The molecule has 0 aliphatic carbocycles. The Labute approximate surface area is 159 Å². The zero-order valence-electron chi connectivity index (χ0n) is 15.5. The van der Waals surface area contributed by atoms with Gasteiger partial charge < -0.3 is 10.1 Å². The summed E-state index contributed by atoms with van der Waals surface area (Å²) in [5, 5.41) is 12.0. The molecule has 0 heterocycles. The van der Waals surface area contributed by atoms with Crippen LogP contribution < -0.4 is 5.32 Å². The molecular weight excluding hydrogens is 340 g/mol. The SMILES string of the molecule is CCc1cccc(CC)c1NC(=O)COC(=O)C(C#N)=Cc1ccccc1. The highest BCUT2D eigenvalue weighted by Gasteiger charge is 2.15. The van der Waals surface area contributed by atoms with Crippen molar-refractivity contribution in [3.63, 3.8) is 0 Å². The van der Waals surface area contributed by atoms with Crippen LogP contribution in [0.4, 0.5) is 5.69 Å². The van der Waals surface area contributed by atoms with Crippen molar-refractivity contribution in [2.45, 2.75) is 26.7 Å².